The summed E-state index contributed by atoms with van der Waals surface area (Å²) in [6, 6.07) is 13.5. The van der Waals surface area contributed by atoms with E-state index in [1.807, 2.05) is 56.4 Å². The summed E-state index contributed by atoms with van der Waals surface area (Å²) in [5, 5.41) is 5.87. The Morgan fingerprint density at radius 1 is 1.24 bits per heavy atom. The summed E-state index contributed by atoms with van der Waals surface area (Å²) in [6.07, 6.45) is 0.264. The van der Waals surface area contributed by atoms with Crippen LogP contribution in [0.25, 0.3) is 10.9 Å². The number of Topliss-reactive ketones (excluding diaryl/α,β-unsaturated/α-hetero) is 1. The highest BCUT2D eigenvalue weighted by Gasteiger charge is 2.17. The van der Waals surface area contributed by atoms with Crippen LogP contribution in [0.2, 0.25) is 5.02 Å². The Morgan fingerprint density at radius 2 is 2.00 bits per heavy atom. The van der Waals surface area contributed by atoms with Crippen molar-refractivity contribution in [3.05, 3.63) is 64.3 Å². The van der Waals surface area contributed by atoms with Gasteiger partial charge in [-0.25, -0.2) is 0 Å². The van der Waals surface area contributed by atoms with Gasteiger partial charge in [0.15, 0.2) is 5.78 Å². The number of hydrogen-bond donors (Lipinski definition) is 0. The van der Waals surface area contributed by atoms with E-state index in [-0.39, 0.29) is 12.2 Å². The van der Waals surface area contributed by atoms with Gasteiger partial charge in [-0.1, -0.05) is 41.9 Å². The summed E-state index contributed by atoms with van der Waals surface area (Å²) < 4.78 is 1.74. The van der Waals surface area contributed by atoms with Crippen molar-refractivity contribution in [2.45, 2.75) is 13.3 Å². The van der Waals surface area contributed by atoms with Gasteiger partial charge in [0.05, 0.1) is 5.52 Å². The highest BCUT2D eigenvalue weighted by molar-refractivity contribution is 6.31. The van der Waals surface area contributed by atoms with E-state index in [0.29, 0.717) is 10.7 Å². The standard InChI is InChI=1S/C17H15ClN2O/c1-11-7-8-12(14(18)9-11)10-16(21)17-13-5-3-4-6-15(13)20(2)19-17/h3-9H,10H2,1-2H3. The van der Waals surface area contributed by atoms with Crippen LogP contribution < -0.4 is 0 Å². The number of hydrogen-bond acceptors (Lipinski definition) is 2. The van der Waals surface area contributed by atoms with E-state index in [0.717, 1.165) is 22.0 Å². The van der Waals surface area contributed by atoms with E-state index in [9.17, 15) is 4.79 Å². The number of ketones is 1. The number of benzene rings is 2. The quantitative estimate of drug-likeness (QED) is 0.686. The summed E-state index contributed by atoms with van der Waals surface area (Å²) in [4.78, 5) is 12.5. The van der Waals surface area contributed by atoms with Crippen molar-refractivity contribution in [1.29, 1.82) is 0 Å². The molecule has 0 N–H and O–H groups in total. The van der Waals surface area contributed by atoms with Crippen molar-refractivity contribution in [1.82, 2.24) is 9.78 Å². The van der Waals surface area contributed by atoms with Crippen molar-refractivity contribution >= 4 is 28.3 Å². The Kier molecular flexibility index (Phi) is 3.52. The Balaban J connectivity index is 1.98. The summed E-state index contributed by atoms with van der Waals surface area (Å²) in [6.45, 7) is 1.98. The minimum absolute atomic E-state index is 0.0162. The van der Waals surface area contributed by atoms with Crippen LogP contribution in [0.15, 0.2) is 42.5 Å². The molecule has 4 heteroatoms. The van der Waals surface area contributed by atoms with Crippen molar-refractivity contribution in [2.24, 2.45) is 7.05 Å². The van der Waals surface area contributed by atoms with Crippen LogP contribution in [0.5, 0.6) is 0 Å². The minimum atomic E-state index is -0.0162. The first-order chi connectivity index (χ1) is 10.1. The Morgan fingerprint density at radius 3 is 2.76 bits per heavy atom. The van der Waals surface area contributed by atoms with Gasteiger partial charge >= 0.3 is 0 Å². The van der Waals surface area contributed by atoms with Crippen LogP contribution in [0.3, 0.4) is 0 Å². The first-order valence-corrected chi connectivity index (χ1v) is 7.14. The van der Waals surface area contributed by atoms with Crippen LogP contribution in [-0.2, 0) is 13.5 Å². The number of carbonyl (C=O) groups is 1. The molecular formula is C17H15ClN2O. The van der Waals surface area contributed by atoms with Crippen LogP contribution in [0, 0.1) is 6.92 Å². The van der Waals surface area contributed by atoms with E-state index in [2.05, 4.69) is 5.10 Å². The molecule has 0 amide bonds. The molecule has 0 aliphatic carbocycles. The van der Waals surface area contributed by atoms with Crippen molar-refractivity contribution in [2.75, 3.05) is 0 Å². The van der Waals surface area contributed by atoms with Gasteiger partial charge in [0.1, 0.15) is 5.69 Å². The topological polar surface area (TPSA) is 34.9 Å². The summed E-state index contributed by atoms with van der Waals surface area (Å²) in [5.74, 6) is -0.0162. The SMILES string of the molecule is Cc1ccc(CC(=O)c2nn(C)c3ccccc23)c(Cl)c1. The predicted octanol–water partition coefficient (Wildman–Crippen LogP) is 3.96. The van der Waals surface area contributed by atoms with Gasteiger partial charge < -0.3 is 0 Å². The number of aryl methyl sites for hydroxylation is 2. The zero-order chi connectivity index (χ0) is 15.0. The maximum atomic E-state index is 12.5. The number of para-hydroxylation sites is 1. The minimum Gasteiger partial charge on any atom is -0.292 e. The highest BCUT2D eigenvalue weighted by Crippen LogP contribution is 2.22. The van der Waals surface area contributed by atoms with E-state index in [1.54, 1.807) is 4.68 Å². The van der Waals surface area contributed by atoms with Gasteiger partial charge in [0.2, 0.25) is 0 Å². The smallest absolute Gasteiger partial charge is 0.188 e. The second-order valence-corrected chi connectivity index (χ2v) is 5.59. The maximum absolute atomic E-state index is 12.5. The van der Waals surface area contributed by atoms with Crippen molar-refractivity contribution < 1.29 is 4.79 Å². The third-order valence-corrected chi connectivity index (χ3v) is 3.93. The predicted molar refractivity (Wildman–Crippen MR) is 84.9 cm³/mol. The maximum Gasteiger partial charge on any atom is 0.188 e. The van der Waals surface area contributed by atoms with E-state index >= 15 is 0 Å². The van der Waals surface area contributed by atoms with Gasteiger partial charge in [-0.15, -0.1) is 0 Å². The average molecular weight is 299 g/mol. The van der Waals surface area contributed by atoms with Gasteiger partial charge in [0.25, 0.3) is 0 Å². The van der Waals surface area contributed by atoms with E-state index in [4.69, 9.17) is 11.6 Å². The highest BCUT2D eigenvalue weighted by atomic mass is 35.5. The molecule has 0 saturated carbocycles. The Bertz CT molecular complexity index is 836. The third kappa shape index (κ3) is 2.57. The third-order valence-electron chi connectivity index (χ3n) is 3.58. The molecule has 0 saturated heterocycles. The summed E-state index contributed by atoms with van der Waals surface area (Å²) >= 11 is 6.21. The largest absolute Gasteiger partial charge is 0.292 e. The second-order valence-electron chi connectivity index (χ2n) is 5.18. The molecule has 106 valence electrons. The van der Waals surface area contributed by atoms with E-state index in [1.165, 1.54) is 0 Å². The normalized spacial score (nSPS) is 11.0. The van der Waals surface area contributed by atoms with Gasteiger partial charge in [0, 0.05) is 23.9 Å². The number of rotatable bonds is 3. The van der Waals surface area contributed by atoms with Crippen LogP contribution in [0.1, 0.15) is 21.6 Å². The lowest BCUT2D eigenvalue weighted by molar-refractivity contribution is 0.0989. The molecule has 0 unspecified atom stereocenters. The lowest BCUT2D eigenvalue weighted by Gasteiger charge is -2.03. The fourth-order valence-corrected chi connectivity index (χ4v) is 2.77. The molecule has 0 fully saturated rings. The van der Waals surface area contributed by atoms with Crippen LogP contribution >= 0.6 is 11.6 Å². The lowest BCUT2D eigenvalue weighted by atomic mass is 10.0. The molecule has 0 bridgehead atoms. The Labute approximate surface area is 128 Å². The van der Waals surface area contributed by atoms with Crippen molar-refractivity contribution in [3.63, 3.8) is 0 Å². The summed E-state index contributed by atoms with van der Waals surface area (Å²) in [7, 11) is 1.85. The number of aromatic nitrogens is 2. The molecule has 21 heavy (non-hydrogen) atoms. The van der Waals surface area contributed by atoms with Gasteiger partial charge in [-0.2, -0.15) is 5.10 Å². The second kappa shape index (κ2) is 5.34. The zero-order valence-electron chi connectivity index (χ0n) is 11.9. The molecule has 0 spiro atoms. The monoisotopic (exact) mass is 298 g/mol. The number of halogens is 1. The zero-order valence-corrected chi connectivity index (χ0v) is 12.7. The van der Waals surface area contributed by atoms with Crippen LogP contribution in [-0.4, -0.2) is 15.6 Å². The molecule has 0 radical (unpaired) electrons. The molecule has 1 heterocycles. The molecule has 0 aliphatic heterocycles. The molecule has 2 aromatic carbocycles. The molecule has 1 aromatic heterocycles. The number of fused-ring (bicyclic) bond motifs is 1. The molecule has 3 rings (SSSR count). The molecular weight excluding hydrogens is 284 g/mol. The molecule has 3 nitrogen and oxygen atoms in total. The first-order valence-electron chi connectivity index (χ1n) is 6.76. The van der Waals surface area contributed by atoms with Crippen molar-refractivity contribution in [3.8, 4) is 0 Å². The Hall–Kier alpha value is -2.13. The summed E-state index contributed by atoms with van der Waals surface area (Å²) in [5.41, 5.74) is 3.38. The fourth-order valence-electron chi connectivity index (χ4n) is 2.47. The molecule has 0 atom stereocenters. The number of nitrogens with zero attached hydrogens (tertiary/aromatic N) is 2. The fraction of sp³-hybridized carbons (Fsp3) is 0.176. The molecule has 3 aromatic rings. The van der Waals surface area contributed by atoms with E-state index < -0.39 is 0 Å². The molecule has 0 aliphatic rings. The van der Waals surface area contributed by atoms with Gasteiger partial charge in [-0.05, 0) is 30.2 Å². The lowest BCUT2D eigenvalue weighted by Crippen LogP contribution is -2.06. The first kappa shape index (κ1) is 13.8. The van der Waals surface area contributed by atoms with Crippen LogP contribution in [0.4, 0.5) is 0 Å². The van der Waals surface area contributed by atoms with Gasteiger partial charge in [-0.3, -0.25) is 9.48 Å². The average Bonchev–Trinajstić information content (AvgIpc) is 2.80. The number of carbonyl (C=O) groups excluding carboxylic acids is 1.